The van der Waals surface area contributed by atoms with Crippen molar-refractivity contribution in [2.45, 2.75) is 12.8 Å². The average molecular weight is 469 g/mol. The van der Waals surface area contributed by atoms with Crippen molar-refractivity contribution in [3.63, 3.8) is 0 Å². The number of carbonyl (C=O) groups is 1. The molecule has 0 spiro atoms. The first-order valence-electron chi connectivity index (χ1n) is 11.0. The summed E-state index contributed by atoms with van der Waals surface area (Å²) >= 11 is 1.17. The van der Waals surface area contributed by atoms with E-state index in [2.05, 4.69) is 19.6 Å². The maximum Gasteiger partial charge on any atom is 0.298 e. The van der Waals surface area contributed by atoms with Gasteiger partial charge in [0.1, 0.15) is 0 Å². The number of hydrogen-bond donors (Lipinski definition) is 1. The van der Waals surface area contributed by atoms with Crippen molar-refractivity contribution in [2.75, 3.05) is 46.5 Å². The molecule has 3 aromatic rings. The van der Waals surface area contributed by atoms with Crippen LogP contribution in [0.2, 0.25) is 0 Å². The van der Waals surface area contributed by atoms with Crippen molar-refractivity contribution < 1.29 is 19.0 Å². The summed E-state index contributed by atoms with van der Waals surface area (Å²) in [4.78, 5) is 19.5. The van der Waals surface area contributed by atoms with E-state index in [4.69, 9.17) is 14.2 Å². The smallest absolute Gasteiger partial charge is 0.298 e. The van der Waals surface area contributed by atoms with Crippen LogP contribution in [-0.4, -0.2) is 66.7 Å². The van der Waals surface area contributed by atoms with Gasteiger partial charge in [-0.15, -0.1) is 0 Å². The second-order valence-electron chi connectivity index (χ2n) is 7.67. The first-order chi connectivity index (χ1) is 16.2. The standard InChI is InChI=1S/C24H28N4O4S/c1-30-20-9-8-19(23(29)25-10-5-11-28-12-14-31-15-13-28)17-21(20)32-24-26-22(27-33-24)16-18-6-3-2-4-7-18/h2-4,6-9,17H,5,10-16H2,1H3,(H,25,29). The predicted molar refractivity (Wildman–Crippen MR) is 126 cm³/mol. The first-order valence-corrected chi connectivity index (χ1v) is 11.8. The molecule has 1 amide bonds. The van der Waals surface area contributed by atoms with E-state index in [-0.39, 0.29) is 5.91 Å². The molecule has 0 unspecified atom stereocenters. The topological polar surface area (TPSA) is 85.8 Å². The van der Waals surface area contributed by atoms with Gasteiger partial charge in [0.25, 0.3) is 11.1 Å². The van der Waals surface area contributed by atoms with Gasteiger partial charge in [-0.2, -0.15) is 9.36 Å². The first kappa shape index (κ1) is 23.2. The van der Waals surface area contributed by atoms with E-state index in [1.807, 2.05) is 30.3 Å². The largest absolute Gasteiger partial charge is 0.493 e. The van der Waals surface area contributed by atoms with Crippen LogP contribution in [0.5, 0.6) is 16.7 Å². The molecule has 1 fully saturated rings. The fraction of sp³-hybridized carbons (Fsp3) is 0.375. The van der Waals surface area contributed by atoms with Crippen molar-refractivity contribution in [1.29, 1.82) is 0 Å². The lowest BCUT2D eigenvalue weighted by molar-refractivity contribution is 0.0374. The summed E-state index contributed by atoms with van der Waals surface area (Å²) in [7, 11) is 1.56. The highest BCUT2D eigenvalue weighted by molar-refractivity contribution is 7.07. The Hall–Kier alpha value is -3.01. The number of benzene rings is 2. The Morgan fingerprint density at radius 3 is 2.76 bits per heavy atom. The van der Waals surface area contributed by atoms with Crippen LogP contribution in [0.3, 0.4) is 0 Å². The quantitative estimate of drug-likeness (QED) is 0.457. The number of amides is 1. The van der Waals surface area contributed by atoms with Gasteiger partial charge >= 0.3 is 0 Å². The number of hydrogen-bond acceptors (Lipinski definition) is 8. The molecule has 1 saturated heterocycles. The van der Waals surface area contributed by atoms with Crippen LogP contribution in [-0.2, 0) is 11.2 Å². The summed E-state index contributed by atoms with van der Waals surface area (Å²) in [6.45, 7) is 5.02. The highest BCUT2D eigenvalue weighted by atomic mass is 32.1. The van der Waals surface area contributed by atoms with E-state index in [0.29, 0.717) is 41.0 Å². The van der Waals surface area contributed by atoms with Gasteiger partial charge in [-0.3, -0.25) is 9.69 Å². The zero-order chi connectivity index (χ0) is 22.9. The molecule has 33 heavy (non-hydrogen) atoms. The molecule has 8 nitrogen and oxygen atoms in total. The normalized spacial score (nSPS) is 14.1. The molecule has 1 aliphatic rings. The van der Waals surface area contributed by atoms with Crippen LogP contribution >= 0.6 is 11.5 Å². The highest BCUT2D eigenvalue weighted by Gasteiger charge is 2.15. The van der Waals surface area contributed by atoms with Gasteiger partial charge in [0.15, 0.2) is 17.3 Å². The Kier molecular flexibility index (Phi) is 8.24. The van der Waals surface area contributed by atoms with Gasteiger partial charge in [0.05, 0.1) is 20.3 Å². The minimum Gasteiger partial charge on any atom is -0.493 e. The number of aromatic nitrogens is 2. The second kappa shape index (κ2) is 11.7. The predicted octanol–water partition coefficient (Wildman–Crippen LogP) is 3.38. The van der Waals surface area contributed by atoms with Crippen LogP contribution in [0.1, 0.15) is 28.2 Å². The molecule has 9 heteroatoms. The van der Waals surface area contributed by atoms with Gasteiger partial charge < -0.3 is 19.5 Å². The number of nitrogens with zero attached hydrogens (tertiary/aromatic N) is 3. The third-order valence-electron chi connectivity index (χ3n) is 5.32. The minimum atomic E-state index is -0.147. The van der Waals surface area contributed by atoms with E-state index < -0.39 is 0 Å². The van der Waals surface area contributed by atoms with Gasteiger partial charge in [0.2, 0.25) is 0 Å². The summed E-state index contributed by atoms with van der Waals surface area (Å²) in [6, 6.07) is 15.2. The number of ether oxygens (including phenoxy) is 3. The maximum atomic E-state index is 12.6. The molecule has 0 atom stereocenters. The summed E-state index contributed by atoms with van der Waals surface area (Å²) in [5, 5.41) is 3.38. The highest BCUT2D eigenvalue weighted by Crippen LogP contribution is 2.33. The number of methoxy groups -OCH3 is 1. The lowest BCUT2D eigenvalue weighted by Crippen LogP contribution is -2.38. The number of morpholine rings is 1. The molecule has 0 bridgehead atoms. The Morgan fingerprint density at radius 2 is 1.97 bits per heavy atom. The number of nitrogens with one attached hydrogen (secondary N) is 1. The van der Waals surface area contributed by atoms with Gasteiger partial charge in [-0.1, -0.05) is 30.3 Å². The molecule has 0 radical (unpaired) electrons. The zero-order valence-electron chi connectivity index (χ0n) is 18.7. The van der Waals surface area contributed by atoms with E-state index in [1.54, 1.807) is 25.3 Å². The lowest BCUT2D eigenvalue weighted by atomic mass is 10.1. The summed E-state index contributed by atoms with van der Waals surface area (Å²) in [5.41, 5.74) is 1.64. The van der Waals surface area contributed by atoms with Crippen molar-refractivity contribution in [1.82, 2.24) is 19.6 Å². The van der Waals surface area contributed by atoms with Crippen LogP contribution in [0.4, 0.5) is 0 Å². The van der Waals surface area contributed by atoms with Gasteiger partial charge in [-0.05, 0) is 36.7 Å². The Bertz CT molecular complexity index is 1040. The molecule has 0 saturated carbocycles. The molecule has 1 aromatic heterocycles. The van der Waals surface area contributed by atoms with Crippen LogP contribution in [0.25, 0.3) is 0 Å². The Balaban J connectivity index is 1.34. The number of rotatable bonds is 10. The fourth-order valence-electron chi connectivity index (χ4n) is 3.55. The van der Waals surface area contributed by atoms with E-state index in [0.717, 1.165) is 44.8 Å². The van der Waals surface area contributed by atoms with E-state index in [9.17, 15) is 4.79 Å². The zero-order valence-corrected chi connectivity index (χ0v) is 19.5. The van der Waals surface area contributed by atoms with Crippen molar-refractivity contribution >= 4 is 17.4 Å². The van der Waals surface area contributed by atoms with Crippen molar-refractivity contribution in [3.05, 3.63) is 65.5 Å². The van der Waals surface area contributed by atoms with E-state index in [1.165, 1.54) is 11.5 Å². The van der Waals surface area contributed by atoms with Crippen LogP contribution < -0.4 is 14.8 Å². The molecule has 0 aliphatic carbocycles. The lowest BCUT2D eigenvalue weighted by Gasteiger charge is -2.26. The summed E-state index contributed by atoms with van der Waals surface area (Å²) < 4.78 is 21.1. The maximum absolute atomic E-state index is 12.6. The van der Waals surface area contributed by atoms with Crippen LogP contribution in [0, 0.1) is 0 Å². The number of carbonyl (C=O) groups excluding carboxylic acids is 1. The van der Waals surface area contributed by atoms with Gasteiger partial charge in [0, 0.05) is 43.2 Å². The summed E-state index contributed by atoms with van der Waals surface area (Å²) in [6.07, 6.45) is 1.52. The molecular weight excluding hydrogens is 440 g/mol. The second-order valence-corrected chi connectivity index (χ2v) is 8.38. The molecular formula is C24H28N4O4S. The monoisotopic (exact) mass is 468 g/mol. The van der Waals surface area contributed by atoms with Crippen molar-refractivity contribution in [3.8, 4) is 16.7 Å². The third-order valence-corrected chi connectivity index (χ3v) is 5.95. The molecule has 174 valence electrons. The molecule has 2 aromatic carbocycles. The molecule has 1 N–H and O–H groups in total. The fourth-order valence-corrected chi connectivity index (χ4v) is 4.11. The minimum absolute atomic E-state index is 0.147. The third kappa shape index (κ3) is 6.74. The van der Waals surface area contributed by atoms with Crippen LogP contribution in [0.15, 0.2) is 48.5 Å². The SMILES string of the molecule is COc1ccc(C(=O)NCCCN2CCOCC2)cc1Oc1nc(Cc2ccccc2)ns1. The average Bonchev–Trinajstić information content (AvgIpc) is 3.29. The Labute approximate surface area is 197 Å². The molecule has 2 heterocycles. The van der Waals surface area contributed by atoms with Crippen molar-refractivity contribution in [2.24, 2.45) is 0 Å². The Morgan fingerprint density at radius 1 is 1.15 bits per heavy atom. The van der Waals surface area contributed by atoms with Gasteiger partial charge in [-0.25, -0.2) is 0 Å². The molecule has 1 aliphatic heterocycles. The molecule has 4 rings (SSSR count). The summed E-state index contributed by atoms with van der Waals surface area (Å²) in [5.74, 6) is 1.50. The van der Waals surface area contributed by atoms with E-state index >= 15 is 0 Å².